The molecule has 2 aromatic carbocycles. The fourth-order valence-corrected chi connectivity index (χ4v) is 2.51. The summed E-state index contributed by atoms with van der Waals surface area (Å²) in [5.41, 5.74) is 0.232. The number of ketones is 2. The lowest BCUT2D eigenvalue weighted by molar-refractivity contribution is -0.120. The number of alkyl halides is 2. The standard InChI is InChI=1S/C16H10Cl4O3/c17-11-6-7-13(12(18)8-11)23-9-14(21)16(19,20)15(22)10-4-2-1-3-5-10/h1-8H,9H2. The predicted octanol–water partition coefficient (Wildman–Crippen LogP) is 5.00. The Labute approximate surface area is 153 Å². The van der Waals surface area contributed by atoms with Gasteiger partial charge >= 0.3 is 0 Å². The molecule has 0 bridgehead atoms. The lowest BCUT2D eigenvalue weighted by Gasteiger charge is -2.17. The van der Waals surface area contributed by atoms with Gasteiger partial charge in [-0.3, -0.25) is 9.59 Å². The SMILES string of the molecule is O=C(COc1ccc(Cl)cc1Cl)C(Cl)(Cl)C(=O)c1ccccc1. The molecule has 0 fully saturated rings. The van der Waals surface area contributed by atoms with E-state index in [4.69, 9.17) is 51.1 Å². The minimum Gasteiger partial charge on any atom is -0.484 e. The van der Waals surface area contributed by atoms with Crippen LogP contribution in [0.4, 0.5) is 0 Å². The molecule has 0 unspecified atom stereocenters. The molecular formula is C16H10Cl4O3. The van der Waals surface area contributed by atoms with Crippen molar-refractivity contribution in [2.45, 2.75) is 4.33 Å². The maximum absolute atomic E-state index is 12.2. The van der Waals surface area contributed by atoms with E-state index in [1.807, 2.05) is 0 Å². The largest absolute Gasteiger partial charge is 0.484 e. The molecule has 0 radical (unpaired) electrons. The fourth-order valence-electron chi connectivity index (χ4n) is 1.72. The zero-order valence-corrected chi connectivity index (χ0v) is 14.6. The van der Waals surface area contributed by atoms with E-state index in [2.05, 4.69) is 0 Å². The Morgan fingerprint density at radius 1 is 1.00 bits per heavy atom. The molecule has 0 N–H and O–H groups in total. The average Bonchev–Trinajstić information content (AvgIpc) is 2.53. The first-order valence-corrected chi connectivity index (χ1v) is 7.92. The van der Waals surface area contributed by atoms with Gasteiger partial charge in [-0.2, -0.15) is 0 Å². The van der Waals surface area contributed by atoms with E-state index >= 15 is 0 Å². The Bertz CT molecular complexity index is 729. The van der Waals surface area contributed by atoms with Gasteiger partial charge in [-0.15, -0.1) is 0 Å². The summed E-state index contributed by atoms with van der Waals surface area (Å²) in [6.07, 6.45) is 0. The summed E-state index contributed by atoms with van der Waals surface area (Å²) in [4.78, 5) is 24.4. The van der Waals surface area contributed by atoms with Crippen LogP contribution in [0, 0.1) is 0 Å². The quantitative estimate of drug-likeness (QED) is 0.395. The van der Waals surface area contributed by atoms with E-state index < -0.39 is 22.5 Å². The second kappa shape index (κ2) is 7.54. The first-order chi connectivity index (χ1) is 10.8. The fraction of sp³-hybridized carbons (Fsp3) is 0.125. The molecule has 0 saturated heterocycles. The van der Waals surface area contributed by atoms with E-state index in [0.717, 1.165) is 0 Å². The summed E-state index contributed by atoms with van der Waals surface area (Å²) in [6.45, 7) is -0.507. The third kappa shape index (κ3) is 4.39. The molecule has 2 rings (SSSR count). The number of benzene rings is 2. The maximum Gasteiger partial charge on any atom is 0.241 e. The lowest BCUT2D eigenvalue weighted by Crippen LogP contribution is -2.39. The molecule has 0 amide bonds. The summed E-state index contributed by atoms with van der Waals surface area (Å²) in [7, 11) is 0. The van der Waals surface area contributed by atoms with Gasteiger partial charge in [0.15, 0.2) is 6.61 Å². The van der Waals surface area contributed by atoms with Crippen molar-refractivity contribution in [3.8, 4) is 5.75 Å². The Morgan fingerprint density at radius 3 is 2.26 bits per heavy atom. The molecule has 0 saturated carbocycles. The number of ether oxygens (including phenoxy) is 1. The normalized spacial score (nSPS) is 11.1. The number of Topliss-reactive ketones (excluding diaryl/α,β-unsaturated/α-hetero) is 2. The average molecular weight is 392 g/mol. The summed E-state index contributed by atoms with van der Waals surface area (Å²) < 4.78 is 3.03. The topological polar surface area (TPSA) is 43.4 Å². The van der Waals surface area contributed by atoms with E-state index in [9.17, 15) is 9.59 Å². The van der Waals surface area contributed by atoms with Crippen LogP contribution in [-0.2, 0) is 4.79 Å². The van der Waals surface area contributed by atoms with Crippen molar-refractivity contribution in [1.82, 2.24) is 0 Å². The van der Waals surface area contributed by atoms with Gasteiger partial charge in [0.05, 0.1) is 5.02 Å². The van der Waals surface area contributed by atoms with Gasteiger partial charge < -0.3 is 4.74 Å². The van der Waals surface area contributed by atoms with Gasteiger partial charge in [-0.25, -0.2) is 0 Å². The summed E-state index contributed by atoms with van der Waals surface area (Å²) in [5, 5.41) is 0.659. The molecule has 2 aromatic rings. The van der Waals surface area contributed by atoms with E-state index in [1.54, 1.807) is 24.3 Å². The van der Waals surface area contributed by atoms with Gasteiger partial charge in [0.1, 0.15) is 5.75 Å². The minimum absolute atomic E-state index is 0.231. The van der Waals surface area contributed by atoms with Crippen LogP contribution in [0.1, 0.15) is 10.4 Å². The zero-order chi connectivity index (χ0) is 17.0. The molecule has 0 spiro atoms. The highest BCUT2D eigenvalue weighted by atomic mass is 35.5. The van der Waals surface area contributed by atoms with Gasteiger partial charge in [-0.1, -0.05) is 76.7 Å². The first-order valence-electron chi connectivity index (χ1n) is 6.41. The van der Waals surface area contributed by atoms with Crippen LogP contribution in [0.15, 0.2) is 48.5 Å². The van der Waals surface area contributed by atoms with Crippen LogP contribution < -0.4 is 4.74 Å². The maximum atomic E-state index is 12.2. The summed E-state index contributed by atoms with van der Waals surface area (Å²) in [6, 6.07) is 12.6. The van der Waals surface area contributed by atoms with Crippen molar-refractivity contribution in [2.75, 3.05) is 6.61 Å². The second-order valence-electron chi connectivity index (χ2n) is 4.56. The molecule has 0 aliphatic carbocycles. The summed E-state index contributed by atoms with van der Waals surface area (Å²) >= 11 is 23.6. The highest BCUT2D eigenvalue weighted by molar-refractivity contribution is 6.69. The molecule has 0 heterocycles. The molecule has 23 heavy (non-hydrogen) atoms. The van der Waals surface area contributed by atoms with Gasteiger partial charge in [-0.05, 0) is 18.2 Å². The Kier molecular flexibility index (Phi) is 5.93. The molecule has 0 aliphatic rings. The molecule has 3 nitrogen and oxygen atoms in total. The van der Waals surface area contributed by atoms with Crippen LogP contribution in [0.5, 0.6) is 5.75 Å². The van der Waals surface area contributed by atoms with E-state index in [0.29, 0.717) is 5.02 Å². The van der Waals surface area contributed by atoms with Gasteiger partial charge in [0.2, 0.25) is 15.9 Å². The molecule has 7 heteroatoms. The lowest BCUT2D eigenvalue weighted by atomic mass is 10.1. The Balaban J connectivity index is 2.08. The van der Waals surface area contributed by atoms with E-state index in [-0.39, 0.29) is 16.3 Å². The van der Waals surface area contributed by atoms with Crippen molar-refractivity contribution in [3.63, 3.8) is 0 Å². The number of halogens is 4. The van der Waals surface area contributed by atoms with E-state index in [1.165, 1.54) is 24.3 Å². The number of carbonyl (C=O) groups excluding carboxylic acids is 2. The van der Waals surface area contributed by atoms with Crippen molar-refractivity contribution in [2.24, 2.45) is 0 Å². The van der Waals surface area contributed by atoms with Gasteiger partial charge in [0, 0.05) is 10.6 Å². The molecule has 0 aromatic heterocycles. The van der Waals surface area contributed by atoms with Crippen molar-refractivity contribution in [1.29, 1.82) is 0 Å². The molecular weight excluding hydrogens is 382 g/mol. The third-order valence-corrected chi connectivity index (χ3v) is 4.22. The van der Waals surface area contributed by atoms with Crippen LogP contribution >= 0.6 is 46.4 Å². The summed E-state index contributed by atoms with van der Waals surface area (Å²) in [5.74, 6) is -1.27. The van der Waals surface area contributed by atoms with Crippen molar-refractivity contribution in [3.05, 3.63) is 64.1 Å². The molecule has 0 aliphatic heterocycles. The number of hydrogen-bond acceptors (Lipinski definition) is 3. The predicted molar refractivity (Wildman–Crippen MR) is 92.2 cm³/mol. The Morgan fingerprint density at radius 2 is 1.65 bits per heavy atom. The Hall–Kier alpha value is -1.26. The van der Waals surface area contributed by atoms with Crippen molar-refractivity contribution < 1.29 is 14.3 Å². The number of hydrogen-bond donors (Lipinski definition) is 0. The highest BCUT2D eigenvalue weighted by Gasteiger charge is 2.42. The highest BCUT2D eigenvalue weighted by Crippen LogP contribution is 2.30. The number of carbonyl (C=O) groups is 2. The smallest absolute Gasteiger partial charge is 0.241 e. The third-order valence-electron chi connectivity index (χ3n) is 2.92. The molecule has 120 valence electrons. The van der Waals surface area contributed by atoms with Crippen LogP contribution in [0.3, 0.4) is 0 Å². The monoisotopic (exact) mass is 390 g/mol. The minimum atomic E-state index is -2.24. The molecule has 0 atom stereocenters. The number of rotatable bonds is 6. The van der Waals surface area contributed by atoms with Crippen LogP contribution in [-0.4, -0.2) is 22.5 Å². The zero-order valence-electron chi connectivity index (χ0n) is 11.6. The second-order valence-corrected chi connectivity index (χ2v) is 6.73. The first kappa shape index (κ1) is 18.1. The van der Waals surface area contributed by atoms with Gasteiger partial charge in [0.25, 0.3) is 0 Å². The van der Waals surface area contributed by atoms with Crippen LogP contribution in [0.2, 0.25) is 10.0 Å². The van der Waals surface area contributed by atoms with Crippen LogP contribution in [0.25, 0.3) is 0 Å². The van der Waals surface area contributed by atoms with Crippen molar-refractivity contribution >= 4 is 58.0 Å².